The molecule has 1 N–H and O–H groups in total. The number of sulfonamides is 1. The van der Waals surface area contributed by atoms with Crippen LogP contribution >= 0.6 is 0 Å². The first-order valence-electron chi connectivity index (χ1n) is 12.6. The van der Waals surface area contributed by atoms with Crippen LogP contribution in [0.2, 0.25) is 0 Å². The van der Waals surface area contributed by atoms with Gasteiger partial charge in [-0.3, -0.25) is 9.48 Å². The minimum Gasteiger partial charge on any atom is -0.491 e. The first kappa shape index (κ1) is 27.7. The number of aryl methyl sites for hydroxylation is 1. The molecular weight excluding hydrogens is 516 g/mol. The molecule has 0 unspecified atom stereocenters. The molecule has 2 aromatic carbocycles. The van der Waals surface area contributed by atoms with Gasteiger partial charge in [0.1, 0.15) is 12.4 Å². The Kier molecular flexibility index (Phi) is 9.46. The van der Waals surface area contributed by atoms with Gasteiger partial charge < -0.3 is 9.47 Å². The lowest BCUT2D eigenvalue weighted by Crippen LogP contribution is -2.30. The lowest BCUT2D eigenvalue weighted by atomic mass is 9.98. The summed E-state index contributed by atoms with van der Waals surface area (Å²) in [7, 11) is -4.34. The third kappa shape index (κ3) is 7.84. The SMILES string of the molecule is O=C(CCc1ccc(Cn2cccn2)cc1OCCOC1CCCCC1)NS(=O)(=O)c1ccc(F)c(F)c1. The van der Waals surface area contributed by atoms with E-state index in [9.17, 15) is 22.0 Å². The van der Waals surface area contributed by atoms with E-state index in [1.807, 2.05) is 35.2 Å². The molecule has 3 aromatic rings. The summed E-state index contributed by atoms with van der Waals surface area (Å²) in [5.74, 6) is -2.69. The third-order valence-electron chi connectivity index (χ3n) is 6.35. The van der Waals surface area contributed by atoms with Gasteiger partial charge in [0.25, 0.3) is 10.0 Å². The molecule has 1 heterocycles. The van der Waals surface area contributed by atoms with Crippen molar-refractivity contribution in [3.63, 3.8) is 0 Å². The Bertz CT molecular complexity index is 1330. The highest BCUT2D eigenvalue weighted by molar-refractivity contribution is 7.90. The first-order chi connectivity index (χ1) is 18.3. The van der Waals surface area contributed by atoms with Crippen molar-refractivity contribution in [3.05, 3.63) is 77.6 Å². The van der Waals surface area contributed by atoms with E-state index in [-0.39, 0.29) is 18.9 Å². The van der Waals surface area contributed by atoms with Crippen LogP contribution in [0.5, 0.6) is 5.75 Å². The smallest absolute Gasteiger partial charge is 0.264 e. The van der Waals surface area contributed by atoms with Crippen molar-refractivity contribution in [1.29, 1.82) is 0 Å². The predicted octanol–water partition coefficient (Wildman–Crippen LogP) is 4.38. The summed E-state index contributed by atoms with van der Waals surface area (Å²) in [4.78, 5) is 11.9. The fourth-order valence-electron chi connectivity index (χ4n) is 4.37. The number of ether oxygens (including phenoxy) is 2. The van der Waals surface area contributed by atoms with E-state index in [1.165, 1.54) is 19.3 Å². The van der Waals surface area contributed by atoms with Crippen molar-refractivity contribution in [2.75, 3.05) is 13.2 Å². The Labute approximate surface area is 221 Å². The monoisotopic (exact) mass is 547 g/mol. The molecule has 0 spiro atoms. The van der Waals surface area contributed by atoms with Crippen LogP contribution < -0.4 is 9.46 Å². The second kappa shape index (κ2) is 13.0. The van der Waals surface area contributed by atoms with Gasteiger partial charge in [0.05, 0.1) is 24.2 Å². The second-order valence-corrected chi connectivity index (χ2v) is 10.9. The van der Waals surface area contributed by atoms with Gasteiger partial charge in [-0.15, -0.1) is 0 Å². The molecule has 0 saturated heterocycles. The molecule has 1 amide bonds. The first-order valence-corrected chi connectivity index (χ1v) is 14.1. The molecule has 0 radical (unpaired) electrons. The molecule has 8 nitrogen and oxygen atoms in total. The van der Waals surface area contributed by atoms with Crippen LogP contribution in [0.1, 0.15) is 49.7 Å². The molecule has 38 heavy (non-hydrogen) atoms. The highest BCUT2D eigenvalue weighted by Gasteiger charge is 2.20. The summed E-state index contributed by atoms with van der Waals surface area (Å²) in [6, 6.07) is 9.58. The Morgan fingerprint density at radius 3 is 2.61 bits per heavy atom. The van der Waals surface area contributed by atoms with Gasteiger partial charge in [0.2, 0.25) is 5.91 Å². The molecule has 0 bridgehead atoms. The highest BCUT2D eigenvalue weighted by atomic mass is 32.2. The quantitative estimate of drug-likeness (QED) is 0.338. The van der Waals surface area contributed by atoms with Gasteiger partial charge in [0, 0.05) is 18.8 Å². The average molecular weight is 548 g/mol. The number of carbonyl (C=O) groups is 1. The molecule has 204 valence electrons. The summed E-state index contributed by atoms with van der Waals surface area (Å²) in [6.07, 6.45) is 9.59. The van der Waals surface area contributed by atoms with Gasteiger partial charge in [-0.25, -0.2) is 21.9 Å². The zero-order valence-corrected chi connectivity index (χ0v) is 21.8. The normalized spacial score (nSPS) is 14.4. The molecular formula is C27H31F2N3O5S. The summed E-state index contributed by atoms with van der Waals surface area (Å²) in [5.41, 5.74) is 1.68. The fourth-order valence-corrected chi connectivity index (χ4v) is 5.39. The van der Waals surface area contributed by atoms with Crippen LogP contribution in [0.15, 0.2) is 59.8 Å². The molecule has 0 atom stereocenters. The minimum atomic E-state index is -4.34. The number of rotatable bonds is 12. The fraction of sp³-hybridized carbons (Fsp3) is 0.407. The molecule has 1 aliphatic rings. The van der Waals surface area contributed by atoms with E-state index in [4.69, 9.17) is 9.47 Å². The van der Waals surface area contributed by atoms with E-state index in [2.05, 4.69) is 5.10 Å². The van der Waals surface area contributed by atoms with E-state index < -0.39 is 32.5 Å². The Balaban J connectivity index is 1.38. The molecule has 4 rings (SSSR count). The maximum atomic E-state index is 13.5. The highest BCUT2D eigenvalue weighted by Crippen LogP contribution is 2.24. The number of nitrogens with one attached hydrogen (secondary N) is 1. The number of nitrogens with zero attached hydrogens (tertiary/aromatic N) is 2. The van der Waals surface area contributed by atoms with Crippen LogP contribution in [-0.4, -0.2) is 43.4 Å². The number of halogens is 2. The standard InChI is InChI=1S/C27H31F2N3O5S/c28-24-11-10-23(18-25(24)29)38(34,35)31-27(33)12-9-21-8-7-20(19-32-14-4-13-30-32)17-26(21)37-16-15-36-22-5-2-1-3-6-22/h4,7-8,10-11,13-14,17-18,22H,1-3,5-6,9,12,15-16,19H2,(H,31,33). The van der Waals surface area contributed by atoms with Crippen molar-refractivity contribution < 1.29 is 31.5 Å². The summed E-state index contributed by atoms with van der Waals surface area (Å²) in [5, 5.41) is 4.22. The van der Waals surface area contributed by atoms with Crippen LogP contribution in [0.3, 0.4) is 0 Å². The topological polar surface area (TPSA) is 99.5 Å². The molecule has 1 saturated carbocycles. The van der Waals surface area contributed by atoms with Gasteiger partial charge in [-0.2, -0.15) is 5.10 Å². The van der Waals surface area contributed by atoms with Crippen molar-refractivity contribution in [3.8, 4) is 5.75 Å². The minimum absolute atomic E-state index is 0.156. The van der Waals surface area contributed by atoms with Crippen LogP contribution in [-0.2, 0) is 32.5 Å². The zero-order chi connectivity index (χ0) is 27.0. The van der Waals surface area contributed by atoms with Crippen molar-refractivity contribution in [2.24, 2.45) is 0 Å². The van der Waals surface area contributed by atoms with Crippen molar-refractivity contribution in [1.82, 2.24) is 14.5 Å². The van der Waals surface area contributed by atoms with Gasteiger partial charge in [-0.1, -0.05) is 31.4 Å². The third-order valence-corrected chi connectivity index (χ3v) is 7.72. The van der Waals surface area contributed by atoms with E-state index in [0.29, 0.717) is 37.6 Å². The maximum absolute atomic E-state index is 13.5. The number of hydrogen-bond donors (Lipinski definition) is 1. The Morgan fingerprint density at radius 2 is 1.87 bits per heavy atom. The molecule has 0 aliphatic heterocycles. The Hall–Kier alpha value is -3.31. The maximum Gasteiger partial charge on any atom is 0.264 e. The number of carbonyl (C=O) groups excluding carboxylic acids is 1. The lowest BCUT2D eigenvalue weighted by Gasteiger charge is -2.22. The largest absolute Gasteiger partial charge is 0.491 e. The number of amides is 1. The number of benzene rings is 2. The van der Waals surface area contributed by atoms with Gasteiger partial charge >= 0.3 is 0 Å². The van der Waals surface area contributed by atoms with Gasteiger partial charge in [0.15, 0.2) is 11.6 Å². The van der Waals surface area contributed by atoms with E-state index in [1.54, 1.807) is 10.9 Å². The number of aromatic nitrogens is 2. The molecule has 1 aromatic heterocycles. The molecule has 1 aliphatic carbocycles. The van der Waals surface area contributed by atoms with Crippen LogP contribution in [0, 0.1) is 11.6 Å². The van der Waals surface area contributed by atoms with Gasteiger partial charge in [-0.05, 0) is 60.7 Å². The predicted molar refractivity (Wildman–Crippen MR) is 136 cm³/mol. The van der Waals surface area contributed by atoms with E-state index in [0.717, 1.165) is 30.0 Å². The van der Waals surface area contributed by atoms with Crippen molar-refractivity contribution in [2.45, 2.75) is 62.5 Å². The van der Waals surface area contributed by atoms with Crippen LogP contribution in [0.4, 0.5) is 8.78 Å². The summed E-state index contributed by atoms with van der Waals surface area (Å²) >= 11 is 0. The lowest BCUT2D eigenvalue weighted by molar-refractivity contribution is -0.119. The second-order valence-electron chi connectivity index (χ2n) is 9.23. The summed E-state index contributed by atoms with van der Waals surface area (Å²) < 4.78 is 67.1. The van der Waals surface area contributed by atoms with E-state index >= 15 is 0 Å². The average Bonchev–Trinajstić information content (AvgIpc) is 3.41. The molecule has 1 fully saturated rings. The zero-order valence-electron chi connectivity index (χ0n) is 20.9. The van der Waals surface area contributed by atoms with Crippen molar-refractivity contribution >= 4 is 15.9 Å². The number of hydrogen-bond acceptors (Lipinski definition) is 6. The van der Waals surface area contributed by atoms with Crippen LogP contribution in [0.25, 0.3) is 0 Å². The molecule has 11 heteroatoms. The summed E-state index contributed by atoms with van der Waals surface area (Å²) in [6.45, 7) is 1.32. The Morgan fingerprint density at radius 1 is 1.05 bits per heavy atom.